The molecule has 0 aromatic carbocycles. The molecule has 0 bridgehead atoms. The molecular weight excluding hydrogens is 654 g/mol. The molecule has 0 radical (unpaired) electrons. The van der Waals surface area contributed by atoms with Crippen molar-refractivity contribution in [2.24, 2.45) is 17.8 Å². The van der Waals surface area contributed by atoms with Crippen LogP contribution in [0.5, 0.6) is 0 Å². The van der Waals surface area contributed by atoms with Crippen molar-refractivity contribution in [2.45, 2.75) is 179 Å². The number of hydrogen-bond acceptors (Lipinski definition) is 14. The lowest BCUT2D eigenvalue weighted by Crippen LogP contribution is -2.59. The summed E-state index contributed by atoms with van der Waals surface area (Å²) in [5.74, 6) is -3.28. The molecule has 50 heavy (non-hydrogen) atoms. The largest absolute Gasteiger partial charge is 0.459 e. The highest BCUT2D eigenvalue weighted by molar-refractivity contribution is 5.84. The Bertz CT molecular complexity index is 1140. The van der Waals surface area contributed by atoms with Gasteiger partial charge in [0.1, 0.15) is 23.9 Å². The summed E-state index contributed by atoms with van der Waals surface area (Å²) in [5, 5.41) is 57.1. The number of ketones is 1. The van der Waals surface area contributed by atoms with Crippen LogP contribution in [-0.4, -0.2) is 147 Å². The Kier molecular flexibility index (Phi) is 14.5. The van der Waals surface area contributed by atoms with Crippen molar-refractivity contribution in [3.8, 4) is 0 Å². The minimum absolute atomic E-state index is 0.00332. The summed E-state index contributed by atoms with van der Waals surface area (Å²) in [7, 11) is 3.28. The Hall–Kier alpha value is -1.30. The summed E-state index contributed by atoms with van der Waals surface area (Å²) >= 11 is 0. The van der Waals surface area contributed by atoms with E-state index in [1.165, 1.54) is 14.0 Å². The second kappa shape index (κ2) is 16.8. The Morgan fingerprint density at radius 2 is 1.54 bits per heavy atom. The SMILES string of the molecule is CC[C@H]1OC(=O)[C@H](C)[C@H](O[C@H]2C[C@@](C)(OC)[C@@H](O)[C@H](C)O2)[C@H](C)[C@@H](O[C@@H]2O[C@H](C)CC(=O)[C@H]2O)[C@](C)(O)C[C@@H](C)CN(C)[C@H](C)[C@H](O)[C@]1(C)O. The van der Waals surface area contributed by atoms with E-state index in [4.69, 9.17) is 28.4 Å². The molecule has 0 aromatic rings. The molecule has 17 atom stereocenters. The first-order chi connectivity index (χ1) is 23.0. The van der Waals surface area contributed by atoms with Gasteiger partial charge < -0.3 is 58.9 Å². The number of cyclic esters (lactones) is 1. The monoisotopic (exact) mass is 719 g/mol. The molecule has 0 amide bonds. The summed E-state index contributed by atoms with van der Waals surface area (Å²) in [6, 6.07) is -0.566. The minimum Gasteiger partial charge on any atom is -0.459 e. The predicted octanol–water partition coefficient (Wildman–Crippen LogP) is 1.54. The Morgan fingerprint density at radius 1 is 0.920 bits per heavy atom. The van der Waals surface area contributed by atoms with Gasteiger partial charge in [-0.15, -0.1) is 0 Å². The molecule has 0 aliphatic carbocycles. The number of nitrogens with zero attached hydrogens (tertiary/aromatic N) is 1. The number of rotatable bonds is 6. The minimum atomic E-state index is -1.82. The van der Waals surface area contributed by atoms with E-state index in [1.54, 1.807) is 62.4 Å². The molecule has 3 aliphatic rings. The normalized spacial score (nSPS) is 49.5. The number of hydrogen-bond donors (Lipinski definition) is 5. The van der Waals surface area contributed by atoms with Crippen molar-refractivity contribution in [1.82, 2.24) is 4.90 Å². The maximum atomic E-state index is 14.1. The smallest absolute Gasteiger partial charge is 0.311 e. The van der Waals surface area contributed by atoms with Crippen molar-refractivity contribution in [1.29, 1.82) is 0 Å². The summed E-state index contributed by atoms with van der Waals surface area (Å²) in [6.45, 7) is 17.3. The lowest BCUT2D eigenvalue weighted by molar-refractivity contribution is -0.311. The van der Waals surface area contributed by atoms with Crippen LogP contribution in [0.15, 0.2) is 0 Å². The molecule has 3 rings (SSSR count). The van der Waals surface area contributed by atoms with E-state index in [1.807, 2.05) is 11.8 Å². The van der Waals surface area contributed by atoms with Gasteiger partial charge in [0.25, 0.3) is 0 Å². The number of likely N-dealkylation sites (N-methyl/N-ethyl adjacent to an activating group) is 1. The fraction of sp³-hybridized carbons (Fsp3) is 0.944. The number of ether oxygens (including phenoxy) is 6. The van der Waals surface area contributed by atoms with Crippen LogP contribution in [0.25, 0.3) is 0 Å². The van der Waals surface area contributed by atoms with Crippen LogP contribution < -0.4 is 0 Å². The van der Waals surface area contributed by atoms with E-state index in [0.29, 0.717) is 6.54 Å². The number of aliphatic hydroxyl groups excluding tert-OH is 3. The molecule has 3 fully saturated rings. The zero-order valence-electron chi connectivity index (χ0n) is 32.1. The first kappa shape index (κ1) is 43.1. The van der Waals surface area contributed by atoms with Gasteiger partial charge in [0, 0.05) is 38.5 Å². The maximum absolute atomic E-state index is 14.1. The molecule has 3 saturated heterocycles. The van der Waals surface area contributed by atoms with E-state index in [9.17, 15) is 35.1 Å². The van der Waals surface area contributed by atoms with Crippen LogP contribution >= 0.6 is 0 Å². The van der Waals surface area contributed by atoms with Crippen molar-refractivity contribution >= 4 is 11.8 Å². The first-order valence-corrected chi connectivity index (χ1v) is 18.1. The molecule has 14 nitrogen and oxygen atoms in total. The van der Waals surface area contributed by atoms with Crippen LogP contribution in [-0.2, 0) is 38.0 Å². The van der Waals surface area contributed by atoms with Gasteiger partial charge in [-0.25, -0.2) is 0 Å². The van der Waals surface area contributed by atoms with Gasteiger partial charge in [0.15, 0.2) is 24.5 Å². The zero-order valence-corrected chi connectivity index (χ0v) is 32.1. The molecule has 5 N–H and O–H groups in total. The maximum Gasteiger partial charge on any atom is 0.311 e. The molecular formula is C36H65NO13. The second-order valence-electron chi connectivity index (χ2n) is 16.0. The summed E-state index contributed by atoms with van der Waals surface area (Å²) in [6.07, 6.45) is -10.4. The molecule has 292 valence electrons. The van der Waals surface area contributed by atoms with Crippen LogP contribution in [0.4, 0.5) is 0 Å². The topological polar surface area (TPSA) is 194 Å². The second-order valence-corrected chi connectivity index (χ2v) is 16.0. The number of methoxy groups -OCH3 is 1. The van der Waals surface area contributed by atoms with Crippen molar-refractivity contribution in [3.63, 3.8) is 0 Å². The van der Waals surface area contributed by atoms with Gasteiger partial charge in [-0.05, 0) is 74.3 Å². The van der Waals surface area contributed by atoms with Crippen LogP contribution in [0.2, 0.25) is 0 Å². The third-order valence-electron chi connectivity index (χ3n) is 11.4. The van der Waals surface area contributed by atoms with Crippen molar-refractivity contribution in [3.05, 3.63) is 0 Å². The highest BCUT2D eigenvalue weighted by Gasteiger charge is 2.52. The van der Waals surface area contributed by atoms with Gasteiger partial charge in [0.05, 0.1) is 41.5 Å². The number of aliphatic hydroxyl groups is 5. The van der Waals surface area contributed by atoms with E-state index < -0.39 is 108 Å². The number of carbonyl (C=O) groups excluding carboxylic acids is 2. The fourth-order valence-corrected chi connectivity index (χ4v) is 8.10. The quantitative estimate of drug-likeness (QED) is 0.248. The van der Waals surface area contributed by atoms with Gasteiger partial charge >= 0.3 is 5.97 Å². The summed E-state index contributed by atoms with van der Waals surface area (Å²) < 4.78 is 36.6. The van der Waals surface area contributed by atoms with Crippen LogP contribution in [0.3, 0.4) is 0 Å². The molecule has 14 heteroatoms. The highest BCUT2D eigenvalue weighted by atomic mass is 16.7. The average molecular weight is 720 g/mol. The van der Waals surface area contributed by atoms with E-state index >= 15 is 0 Å². The van der Waals surface area contributed by atoms with Crippen LogP contribution in [0.1, 0.15) is 94.9 Å². The van der Waals surface area contributed by atoms with Crippen LogP contribution in [0, 0.1) is 17.8 Å². The molecule has 0 saturated carbocycles. The first-order valence-electron chi connectivity index (χ1n) is 18.1. The van der Waals surface area contributed by atoms with Gasteiger partial charge in [-0.1, -0.05) is 20.8 Å². The van der Waals surface area contributed by atoms with Gasteiger partial charge in [-0.2, -0.15) is 0 Å². The Morgan fingerprint density at radius 3 is 2.12 bits per heavy atom. The molecule has 0 aromatic heterocycles. The van der Waals surface area contributed by atoms with E-state index in [0.717, 1.165) is 0 Å². The third kappa shape index (κ3) is 9.43. The van der Waals surface area contributed by atoms with Gasteiger partial charge in [0.2, 0.25) is 0 Å². The summed E-state index contributed by atoms with van der Waals surface area (Å²) in [4.78, 5) is 28.6. The number of carbonyl (C=O) groups is 2. The number of esters is 1. The number of Topliss-reactive ketones (excluding diaryl/α,β-unsaturated/α-hetero) is 1. The van der Waals surface area contributed by atoms with E-state index in [-0.39, 0.29) is 31.6 Å². The fourth-order valence-electron chi connectivity index (χ4n) is 8.10. The lowest BCUT2D eigenvalue weighted by atomic mass is 9.77. The molecule has 3 aliphatic heterocycles. The molecule has 3 heterocycles. The lowest BCUT2D eigenvalue weighted by Gasteiger charge is -2.48. The molecule has 0 spiro atoms. The third-order valence-corrected chi connectivity index (χ3v) is 11.4. The predicted molar refractivity (Wildman–Crippen MR) is 182 cm³/mol. The zero-order chi connectivity index (χ0) is 38.1. The Labute approximate surface area is 297 Å². The Balaban J connectivity index is 2.16. The highest BCUT2D eigenvalue weighted by Crippen LogP contribution is 2.39. The van der Waals surface area contributed by atoms with E-state index in [2.05, 4.69) is 0 Å². The molecule has 0 unspecified atom stereocenters. The van der Waals surface area contributed by atoms with Crippen molar-refractivity contribution < 1.29 is 63.5 Å². The average Bonchev–Trinajstić information content (AvgIpc) is 3.03. The standard InChI is InChI=1S/C36H65NO13/c1-13-25-36(10,44)29(40)22(6)37(11)17-18(2)15-34(8,43)31(50-33-27(39)24(38)14-19(3)46-33)20(4)28(21(5)32(42)48-25)49-26-16-35(9,45-12)30(41)23(7)47-26/h18-23,25-31,33,39-41,43-44H,13-17H2,1-12H3/t18-,19-,20+,21-,22-,23+,25-,26+,27-,28-,29+,30+,31-,33+,34-,35-,36-/m1/s1. The van der Waals surface area contributed by atoms with Gasteiger partial charge in [-0.3, -0.25) is 9.59 Å². The van der Waals surface area contributed by atoms with Crippen molar-refractivity contribution in [2.75, 3.05) is 20.7 Å². The summed E-state index contributed by atoms with van der Waals surface area (Å²) in [5.41, 5.74) is -4.52.